The molecule has 0 aliphatic carbocycles. The molecule has 0 aliphatic rings. The van der Waals surface area contributed by atoms with E-state index in [1.54, 1.807) is 24.3 Å². The minimum Gasteiger partial charge on any atom is -0.459 e. The van der Waals surface area contributed by atoms with Crippen LogP contribution in [0.15, 0.2) is 50.2 Å². The number of fused-ring (bicyclic) bond motifs is 1. The average molecular weight is 248 g/mol. The highest BCUT2D eigenvalue weighted by Gasteiger charge is 2.10. The first kappa shape index (κ1) is 10.1. The predicted octanol–water partition coefficient (Wildman–Crippen LogP) is 3.10. The van der Waals surface area contributed by atoms with Crippen molar-refractivity contribution >= 4 is 22.5 Å². The summed E-state index contributed by atoms with van der Waals surface area (Å²) in [5.41, 5.74) is 0.0425. The number of furan rings is 1. The summed E-state index contributed by atoms with van der Waals surface area (Å²) in [5.74, 6) is 0.578. The van der Waals surface area contributed by atoms with E-state index in [9.17, 15) is 4.79 Å². The average Bonchev–Trinajstić information content (AvgIpc) is 2.83. The minimum atomic E-state index is -0.483. The smallest absolute Gasteiger partial charge is 0.347 e. The third-order valence-corrected chi connectivity index (χ3v) is 2.56. The van der Waals surface area contributed by atoms with Gasteiger partial charge in [-0.2, -0.15) is 0 Å². The van der Waals surface area contributed by atoms with Crippen LogP contribution in [-0.2, 0) is 0 Å². The molecular formula is C12H6ClNO3. The Morgan fingerprint density at radius 3 is 2.88 bits per heavy atom. The molecule has 0 N–H and O–H groups in total. The van der Waals surface area contributed by atoms with Crippen molar-refractivity contribution in [3.63, 3.8) is 0 Å². The van der Waals surface area contributed by atoms with Crippen LogP contribution in [0.4, 0.5) is 0 Å². The van der Waals surface area contributed by atoms with Crippen molar-refractivity contribution in [2.75, 3.05) is 0 Å². The Hall–Kier alpha value is -2.07. The molecule has 4 nitrogen and oxygen atoms in total. The Labute approximate surface area is 100 Å². The summed E-state index contributed by atoms with van der Waals surface area (Å²) >= 11 is 5.80. The van der Waals surface area contributed by atoms with Crippen molar-refractivity contribution in [3.05, 3.63) is 52.0 Å². The van der Waals surface area contributed by atoms with E-state index in [1.165, 1.54) is 12.3 Å². The molecular weight excluding hydrogens is 242 g/mol. The Morgan fingerprint density at radius 1 is 1.24 bits per heavy atom. The summed E-state index contributed by atoms with van der Waals surface area (Å²) in [7, 11) is 0. The molecule has 5 heteroatoms. The van der Waals surface area contributed by atoms with E-state index in [0.29, 0.717) is 21.7 Å². The second-order valence-electron chi connectivity index (χ2n) is 3.45. The molecule has 0 bridgehead atoms. The lowest BCUT2D eigenvalue weighted by molar-refractivity contribution is 0.482. The van der Waals surface area contributed by atoms with E-state index in [2.05, 4.69) is 4.98 Å². The molecule has 17 heavy (non-hydrogen) atoms. The molecule has 0 saturated carbocycles. The highest BCUT2D eigenvalue weighted by Crippen LogP contribution is 2.20. The van der Waals surface area contributed by atoms with Crippen molar-refractivity contribution < 1.29 is 8.83 Å². The number of benzene rings is 1. The van der Waals surface area contributed by atoms with Crippen molar-refractivity contribution in [2.24, 2.45) is 0 Å². The van der Waals surface area contributed by atoms with Gasteiger partial charge in [0.2, 0.25) is 0 Å². The number of aromatic nitrogens is 1. The highest BCUT2D eigenvalue weighted by molar-refractivity contribution is 6.31. The molecule has 3 aromatic rings. The summed E-state index contributed by atoms with van der Waals surface area (Å²) in [5, 5.41) is 0.824. The van der Waals surface area contributed by atoms with E-state index >= 15 is 0 Å². The third kappa shape index (κ3) is 1.72. The normalized spacial score (nSPS) is 10.9. The van der Waals surface area contributed by atoms with E-state index < -0.39 is 5.63 Å². The van der Waals surface area contributed by atoms with Gasteiger partial charge in [0.25, 0.3) is 5.89 Å². The molecule has 84 valence electrons. The molecule has 0 fully saturated rings. The van der Waals surface area contributed by atoms with Crippen LogP contribution in [0.2, 0.25) is 5.02 Å². The van der Waals surface area contributed by atoms with Crippen LogP contribution >= 0.6 is 11.6 Å². The third-order valence-electron chi connectivity index (χ3n) is 2.32. The van der Waals surface area contributed by atoms with Gasteiger partial charge in [0.05, 0.1) is 17.2 Å². The maximum absolute atomic E-state index is 11.7. The first-order valence-corrected chi connectivity index (χ1v) is 5.26. The van der Waals surface area contributed by atoms with Gasteiger partial charge in [-0.05, 0) is 30.3 Å². The Morgan fingerprint density at radius 2 is 2.12 bits per heavy atom. The van der Waals surface area contributed by atoms with Gasteiger partial charge in [-0.1, -0.05) is 11.6 Å². The fraction of sp³-hybridized carbons (Fsp3) is 0. The number of halogens is 1. The standard InChI is InChI=1S/C12H6ClNO3/c13-7-3-4-9-8(6-7)12(15)17-11(14-9)10-2-1-5-16-10/h1-6H. The fourth-order valence-corrected chi connectivity index (χ4v) is 1.72. The first-order valence-electron chi connectivity index (χ1n) is 4.88. The van der Waals surface area contributed by atoms with Crippen LogP contribution < -0.4 is 5.63 Å². The topological polar surface area (TPSA) is 56.2 Å². The molecule has 2 heterocycles. The SMILES string of the molecule is O=c1oc(-c2ccco2)nc2ccc(Cl)cc12. The van der Waals surface area contributed by atoms with Gasteiger partial charge in [-0.15, -0.1) is 0 Å². The van der Waals surface area contributed by atoms with Crippen LogP contribution in [0.25, 0.3) is 22.6 Å². The number of nitrogens with zero attached hydrogens (tertiary/aromatic N) is 1. The zero-order valence-electron chi connectivity index (χ0n) is 8.51. The van der Waals surface area contributed by atoms with Crippen LogP contribution in [-0.4, -0.2) is 4.98 Å². The van der Waals surface area contributed by atoms with Crippen molar-refractivity contribution in [1.82, 2.24) is 4.98 Å². The second-order valence-corrected chi connectivity index (χ2v) is 3.88. The van der Waals surface area contributed by atoms with E-state index in [0.717, 1.165) is 0 Å². The van der Waals surface area contributed by atoms with E-state index in [1.807, 2.05) is 0 Å². The Kier molecular flexibility index (Phi) is 2.23. The van der Waals surface area contributed by atoms with Gasteiger partial charge < -0.3 is 8.83 Å². The van der Waals surface area contributed by atoms with Gasteiger partial charge >= 0.3 is 5.63 Å². The Bertz CT molecular complexity index is 731. The zero-order valence-corrected chi connectivity index (χ0v) is 9.27. The number of hydrogen-bond donors (Lipinski definition) is 0. The predicted molar refractivity (Wildman–Crippen MR) is 63.0 cm³/mol. The lowest BCUT2D eigenvalue weighted by Crippen LogP contribution is -2.02. The summed E-state index contributed by atoms with van der Waals surface area (Å²) in [6.45, 7) is 0. The van der Waals surface area contributed by atoms with Crippen LogP contribution in [0, 0.1) is 0 Å². The lowest BCUT2D eigenvalue weighted by Gasteiger charge is -1.98. The highest BCUT2D eigenvalue weighted by atomic mass is 35.5. The van der Waals surface area contributed by atoms with Crippen LogP contribution in [0.3, 0.4) is 0 Å². The molecule has 0 unspecified atom stereocenters. The minimum absolute atomic E-state index is 0.162. The lowest BCUT2D eigenvalue weighted by atomic mass is 10.2. The van der Waals surface area contributed by atoms with Gasteiger partial charge in [0, 0.05) is 5.02 Å². The largest absolute Gasteiger partial charge is 0.459 e. The van der Waals surface area contributed by atoms with Crippen molar-refractivity contribution in [1.29, 1.82) is 0 Å². The molecule has 1 aromatic carbocycles. The van der Waals surface area contributed by atoms with Gasteiger partial charge in [-0.25, -0.2) is 9.78 Å². The summed E-state index contributed by atoms with van der Waals surface area (Å²) < 4.78 is 10.2. The molecule has 0 radical (unpaired) electrons. The van der Waals surface area contributed by atoms with E-state index in [-0.39, 0.29) is 5.89 Å². The first-order chi connectivity index (χ1) is 8.24. The fourth-order valence-electron chi connectivity index (χ4n) is 1.55. The monoisotopic (exact) mass is 247 g/mol. The molecule has 0 spiro atoms. The summed E-state index contributed by atoms with van der Waals surface area (Å²) in [6, 6.07) is 8.24. The van der Waals surface area contributed by atoms with Crippen molar-refractivity contribution in [3.8, 4) is 11.7 Å². The maximum Gasteiger partial charge on any atom is 0.347 e. The number of hydrogen-bond acceptors (Lipinski definition) is 4. The zero-order chi connectivity index (χ0) is 11.8. The molecule has 0 atom stereocenters. The van der Waals surface area contributed by atoms with E-state index in [4.69, 9.17) is 20.4 Å². The molecule has 0 aliphatic heterocycles. The molecule has 0 saturated heterocycles. The van der Waals surface area contributed by atoms with Gasteiger partial charge in [-0.3, -0.25) is 0 Å². The maximum atomic E-state index is 11.7. The van der Waals surface area contributed by atoms with Crippen LogP contribution in [0.5, 0.6) is 0 Å². The molecule has 0 amide bonds. The van der Waals surface area contributed by atoms with Gasteiger partial charge in [0.15, 0.2) is 5.76 Å². The molecule has 3 rings (SSSR count). The number of rotatable bonds is 1. The summed E-state index contributed by atoms with van der Waals surface area (Å²) in [4.78, 5) is 15.9. The summed E-state index contributed by atoms with van der Waals surface area (Å²) in [6.07, 6.45) is 1.49. The van der Waals surface area contributed by atoms with Crippen molar-refractivity contribution in [2.45, 2.75) is 0 Å². The Balaban J connectivity index is 2.32. The van der Waals surface area contributed by atoms with Gasteiger partial charge in [0.1, 0.15) is 0 Å². The quantitative estimate of drug-likeness (QED) is 0.663. The molecule has 2 aromatic heterocycles. The second kappa shape index (κ2) is 3.75. The van der Waals surface area contributed by atoms with Crippen LogP contribution in [0.1, 0.15) is 0 Å².